The third-order valence-corrected chi connectivity index (χ3v) is 3.98. The van der Waals surface area contributed by atoms with E-state index >= 15 is 0 Å². The van der Waals surface area contributed by atoms with Gasteiger partial charge in [0.15, 0.2) is 0 Å². The van der Waals surface area contributed by atoms with E-state index in [0.29, 0.717) is 0 Å². The molecule has 3 aliphatic heterocycles. The third kappa shape index (κ3) is 7.20. The van der Waals surface area contributed by atoms with Crippen molar-refractivity contribution in [2.24, 2.45) is 0 Å². The molecule has 3 saturated heterocycles. The zero-order valence-electron chi connectivity index (χ0n) is 12.3. The fraction of sp³-hybridized carbons (Fsp3) is 1.00. The molecular formula is C13H32N4O2. The van der Waals surface area contributed by atoms with Gasteiger partial charge in [0.2, 0.25) is 0 Å². The fourth-order valence-corrected chi connectivity index (χ4v) is 2.74. The highest BCUT2D eigenvalue weighted by Gasteiger charge is 2.16. The number of rotatable bonds is 0. The number of piperazine rings is 1. The number of hydrogen-bond acceptors (Lipinski definition) is 4. The van der Waals surface area contributed by atoms with E-state index in [9.17, 15) is 0 Å². The molecule has 3 rings (SSSR count). The molecule has 2 bridgehead atoms. The number of fused-ring (bicyclic) bond motifs is 11. The van der Waals surface area contributed by atoms with Crippen LogP contribution in [0.3, 0.4) is 0 Å². The van der Waals surface area contributed by atoms with Gasteiger partial charge in [0.1, 0.15) is 0 Å². The second kappa shape index (κ2) is 10.5. The van der Waals surface area contributed by atoms with Gasteiger partial charge in [-0.2, -0.15) is 0 Å². The van der Waals surface area contributed by atoms with Crippen LogP contribution in [0.15, 0.2) is 0 Å². The number of nitrogens with one attached hydrogen (secondary N) is 1. The van der Waals surface area contributed by atoms with E-state index < -0.39 is 0 Å². The average Bonchev–Trinajstić information content (AvgIpc) is 2.35. The lowest BCUT2D eigenvalue weighted by molar-refractivity contribution is 0.125. The van der Waals surface area contributed by atoms with Crippen molar-refractivity contribution in [2.75, 3.05) is 72.5 Å². The highest BCUT2D eigenvalue weighted by molar-refractivity contribution is 4.73. The minimum Gasteiger partial charge on any atom is -0.412 e. The van der Waals surface area contributed by atoms with Crippen LogP contribution < -0.4 is 5.32 Å². The third-order valence-electron chi connectivity index (χ3n) is 3.98. The Morgan fingerprint density at radius 3 is 1.84 bits per heavy atom. The molecule has 0 unspecified atom stereocenters. The normalized spacial score (nSPS) is 30.8. The second-order valence-electron chi connectivity index (χ2n) is 5.44. The Morgan fingerprint density at radius 1 is 0.632 bits per heavy atom. The summed E-state index contributed by atoms with van der Waals surface area (Å²) in [6.45, 7) is 12.4. The van der Waals surface area contributed by atoms with Gasteiger partial charge in [0.25, 0.3) is 0 Å². The Kier molecular flexibility index (Phi) is 10.4. The largest absolute Gasteiger partial charge is 0.412 e. The van der Waals surface area contributed by atoms with Crippen molar-refractivity contribution in [1.29, 1.82) is 0 Å². The molecule has 0 atom stereocenters. The predicted octanol–water partition coefficient (Wildman–Crippen LogP) is -1.73. The molecule has 0 spiro atoms. The van der Waals surface area contributed by atoms with Crippen LogP contribution in [0.2, 0.25) is 0 Å². The van der Waals surface area contributed by atoms with Crippen molar-refractivity contribution < 1.29 is 11.0 Å². The summed E-state index contributed by atoms with van der Waals surface area (Å²) in [7, 11) is 2.24. The van der Waals surface area contributed by atoms with E-state index in [0.717, 1.165) is 6.54 Å². The van der Waals surface area contributed by atoms with Gasteiger partial charge >= 0.3 is 0 Å². The molecule has 19 heavy (non-hydrogen) atoms. The van der Waals surface area contributed by atoms with Gasteiger partial charge in [-0.3, -0.25) is 0 Å². The topological polar surface area (TPSA) is 84.8 Å². The summed E-state index contributed by atoms with van der Waals surface area (Å²) in [6, 6.07) is 0. The smallest absolute Gasteiger partial charge is 0.0110 e. The molecule has 3 fully saturated rings. The number of hydrogen-bond donors (Lipinski definition) is 1. The standard InChI is InChI=1S/C13H28N4.2H2O/c1-15-6-3-8-17-12-10-16(11-13-17)7-2-4-14-5-9-15;;/h14H,2-13H2,1H3;2*1H2. The summed E-state index contributed by atoms with van der Waals surface area (Å²) < 4.78 is 0. The van der Waals surface area contributed by atoms with Crippen LogP contribution in [0.4, 0.5) is 0 Å². The van der Waals surface area contributed by atoms with E-state index in [1.807, 2.05) is 0 Å². The Morgan fingerprint density at radius 2 is 1.21 bits per heavy atom. The summed E-state index contributed by atoms with van der Waals surface area (Å²) >= 11 is 0. The first kappa shape index (κ1) is 18.8. The van der Waals surface area contributed by atoms with E-state index in [1.165, 1.54) is 71.7 Å². The summed E-state index contributed by atoms with van der Waals surface area (Å²) in [5.41, 5.74) is 0. The maximum absolute atomic E-state index is 3.55. The van der Waals surface area contributed by atoms with Crippen LogP contribution in [0.5, 0.6) is 0 Å². The molecule has 6 heteroatoms. The van der Waals surface area contributed by atoms with E-state index in [2.05, 4.69) is 27.1 Å². The fourth-order valence-electron chi connectivity index (χ4n) is 2.74. The molecule has 0 aromatic carbocycles. The van der Waals surface area contributed by atoms with Crippen molar-refractivity contribution >= 4 is 0 Å². The minimum absolute atomic E-state index is 0. The number of nitrogens with zero attached hydrogens (tertiary/aromatic N) is 3. The van der Waals surface area contributed by atoms with Crippen molar-refractivity contribution in [3.8, 4) is 0 Å². The van der Waals surface area contributed by atoms with Crippen molar-refractivity contribution in [3.63, 3.8) is 0 Å². The first-order chi connectivity index (χ1) is 8.34. The van der Waals surface area contributed by atoms with Gasteiger partial charge in [0.05, 0.1) is 0 Å². The van der Waals surface area contributed by atoms with E-state index in [4.69, 9.17) is 0 Å². The molecule has 0 saturated carbocycles. The van der Waals surface area contributed by atoms with Crippen LogP contribution >= 0.6 is 0 Å². The van der Waals surface area contributed by atoms with Crippen molar-refractivity contribution in [2.45, 2.75) is 12.8 Å². The maximum Gasteiger partial charge on any atom is 0.0110 e. The Labute approximate surface area is 117 Å². The zero-order valence-corrected chi connectivity index (χ0v) is 12.3. The summed E-state index contributed by atoms with van der Waals surface area (Å²) in [5.74, 6) is 0. The quantitative estimate of drug-likeness (QED) is 0.570. The monoisotopic (exact) mass is 276 g/mol. The molecule has 6 nitrogen and oxygen atoms in total. The molecule has 3 aliphatic rings. The van der Waals surface area contributed by atoms with Gasteiger partial charge in [-0.1, -0.05) is 0 Å². The molecule has 5 N–H and O–H groups in total. The molecule has 0 aromatic heterocycles. The molecule has 0 aromatic rings. The van der Waals surface area contributed by atoms with Crippen LogP contribution in [0.25, 0.3) is 0 Å². The van der Waals surface area contributed by atoms with Gasteiger partial charge < -0.3 is 31.0 Å². The lowest BCUT2D eigenvalue weighted by Crippen LogP contribution is -2.47. The second-order valence-corrected chi connectivity index (χ2v) is 5.44. The van der Waals surface area contributed by atoms with Crippen LogP contribution in [-0.2, 0) is 0 Å². The van der Waals surface area contributed by atoms with Gasteiger partial charge in [-0.15, -0.1) is 0 Å². The summed E-state index contributed by atoms with van der Waals surface area (Å²) in [5, 5.41) is 3.55. The van der Waals surface area contributed by atoms with Crippen molar-refractivity contribution in [1.82, 2.24) is 20.0 Å². The first-order valence-electron chi connectivity index (χ1n) is 7.18. The Bertz CT molecular complexity index is 208. The lowest BCUT2D eigenvalue weighted by Gasteiger charge is -2.35. The highest BCUT2D eigenvalue weighted by atomic mass is 16.0. The molecule has 0 radical (unpaired) electrons. The van der Waals surface area contributed by atoms with E-state index in [1.54, 1.807) is 0 Å². The predicted molar refractivity (Wildman–Crippen MR) is 79.7 cm³/mol. The summed E-state index contributed by atoms with van der Waals surface area (Å²) in [4.78, 5) is 7.71. The van der Waals surface area contributed by atoms with Crippen LogP contribution in [0.1, 0.15) is 12.8 Å². The summed E-state index contributed by atoms with van der Waals surface area (Å²) in [6.07, 6.45) is 2.61. The van der Waals surface area contributed by atoms with Crippen LogP contribution in [-0.4, -0.2) is 98.1 Å². The van der Waals surface area contributed by atoms with E-state index in [-0.39, 0.29) is 11.0 Å². The highest BCUT2D eigenvalue weighted by Crippen LogP contribution is 2.03. The molecule has 116 valence electrons. The van der Waals surface area contributed by atoms with Gasteiger partial charge in [-0.25, -0.2) is 0 Å². The Hall–Kier alpha value is -0.240. The van der Waals surface area contributed by atoms with Crippen molar-refractivity contribution in [3.05, 3.63) is 0 Å². The first-order valence-corrected chi connectivity index (χ1v) is 7.18. The van der Waals surface area contributed by atoms with Crippen LogP contribution in [0, 0.1) is 0 Å². The minimum atomic E-state index is 0. The zero-order chi connectivity index (χ0) is 11.9. The van der Waals surface area contributed by atoms with Gasteiger partial charge in [-0.05, 0) is 46.1 Å². The molecule has 0 amide bonds. The lowest BCUT2D eigenvalue weighted by atomic mass is 10.2. The SMILES string of the molecule is CN1CCCN2CCN(CCCNCC1)CC2.O.O. The maximum atomic E-state index is 3.55. The average molecular weight is 276 g/mol. The molecule has 0 aliphatic carbocycles. The molecule has 3 heterocycles. The number of likely N-dealkylation sites (N-methyl/N-ethyl adjacent to an activating group) is 1. The molecular weight excluding hydrogens is 244 g/mol. The Balaban J connectivity index is 0.00000162. The van der Waals surface area contributed by atoms with Gasteiger partial charge in [0, 0.05) is 39.3 Å².